The van der Waals surface area contributed by atoms with E-state index in [0.29, 0.717) is 11.3 Å². The third kappa shape index (κ3) is 3.17. The van der Waals surface area contributed by atoms with Crippen LogP contribution in [0.3, 0.4) is 0 Å². The first-order valence-electron chi connectivity index (χ1n) is 8.67. The molecule has 0 bridgehead atoms. The van der Waals surface area contributed by atoms with Gasteiger partial charge in [-0.2, -0.15) is 0 Å². The van der Waals surface area contributed by atoms with Crippen molar-refractivity contribution in [2.75, 3.05) is 18.4 Å². The fraction of sp³-hybridized carbons (Fsp3) is 0.143. The van der Waals surface area contributed by atoms with Gasteiger partial charge in [-0.3, -0.25) is 9.78 Å². The van der Waals surface area contributed by atoms with Crippen LogP contribution in [0, 0.1) is 0 Å². The molecule has 1 amide bonds. The van der Waals surface area contributed by atoms with Gasteiger partial charge in [0, 0.05) is 23.8 Å². The fourth-order valence-electron chi connectivity index (χ4n) is 3.26. The molecule has 130 valence electrons. The van der Waals surface area contributed by atoms with E-state index in [4.69, 9.17) is 5.73 Å². The van der Waals surface area contributed by atoms with E-state index in [9.17, 15) is 4.79 Å². The second-order valence-electron chi connectivity index (χ2n) is 6.32. The lowest BCUT2D eigenvalue weighted by Crippen LogP contribution is -2.20. The van der Waals surface area contributed by atoms with Crippen LogP contribution in [-0.4, -0.2) is 24.0 Å². The van der Waals surface area contributed by atoms with Gasteiger partial charge < -0.3 is 16.4 Å². The summed E-state index contributed by atoms with van der Waals surface area (Å²) >= 11 is 0. The number of hydrogen-bond donors (Lipinski definition) is 3. The Morgan fingerprint density at radius 2 is 2.00 bits per heavy atom. The smallest absolute Gasteiger partial charge is 0.252 e. The van der Waals surface area contributed by atoms with Crippen molar-refractivity contribution in [3.8, 4) is 0 Å². The molecule has 0 saturated heterocycles. The Balaban J connectivity index is 1.88. The zero-order chi connectivity index (χ0) is 17.9. The predicted octanol–water partition coefficient (Wildman–Crippen LogP) is 3.45. The Kier molecular flexibility index (Phi) is 4.37. The van der Waals surface area contributed by atoms with Crippen LogP contribution in [0.2, 0.25) is 0 Å². The molecule has 1 aliphatic heterocycles. The summed E-state index contributed by atoms with van der Waals surface area (Å²) in [7, 11) is 0. The van der Waals surface area contributed by atoms with Crippen molar-refractivity contribution in [2.24, 2.45) is 5.73 Å². The minimum Gasteiger partial charge on any atom is -0.365 e. The minimum atomic E-state index is -0.496. The fourth-order valence-corrected chi connectivity index (χ4v) is 3.26. The molecule has 0 atom stereocenters. The lowest BCUT2D eigenvalue weighted by Gasteiger charge is -2.17. The van der Waals surface area contributed by atoms with Crippen molar-refractivity contribution >= 4 is 33.8 Å². The van der Waals surface area contributed by atoms with Crippen molar-refractivity contribution in [2.45, 2.75) is 6.42 Å². The van der Waals surface area contributed by atoms with Gasteiger partial charge in [0.1, 0.15) is 0 Å². The average Bonchev–Trinajstić information content (AvgIpc) is 2.69. The molecule has 26 heavy (non-hydrogen) atoms. The molecular formula is C21H20N4O. The first kappa shape index (κ1) is 16.3. The van der Waals surface area contributed by atoms with Crippen LogP contribution in [0.5, 0.6) is 0 Å². The molecule has 0 saturated carbocycles. The topological polar surface area (TPSA) is 80.0 Å². The number of carbonyl (C=O) groups excluding carboxylic acids is 1. The maximum absolute atomic E-state index is 12.0. The lowest BCUT2D eigenvalue weighted by atomic mass is 9.97. The van der Waals surface area contributed by atoms with Crippen LogP contribution in [-0.2, 0) is 0 Å². The summed E-state index contributed by atoms with van der Waals surface area (Å²) in [5, 5.41) is 7.57. The van der Waals surface area contributed by atoms with E-state index in [1.165, 1.54) is 5.57 Å². The number of benzene rings is 2. The van der Waals surface area contributed by atoms with Crippen LogP contribution >= 0.6 is 0 Å². The highest BCUT2D eigenvalue weighted by molar-refractivity contribution is 6.08. The standard InChI is InChI=1S/C21H20N4O/c22-21(26)18-13-24-19-7-6-15(14-8-10-23-11-9-14)12-17(19)20(18)25-16-4-2-1-3-5-16/h1-8,12-13,23H,9-11H2,(H2,22,26)(H,24,25). The largest absolute Gasteiger partial charge is 0.365 e. The molecule has 4 N–H and O–H groups in total. The van der Waals surface area contributed by atoms with Crippen LogP contribution in [0.25, 0.3) is 16.5 Å². The number of pyridine rings is 1. The highest BCUT2D eigenvalue weighted by Gasteiger charge is 2.15. The van der Waals surface area contributed by atoms with Crippen LogP contribution < -0.4 is 16.4 Å². The quantitative estimate of drug-likeness (QED) is 0.677. The molecule has 1 aromatic heterocycles. The van der Waals surface area contributed by atoms with Crippen molar-refractivity contribution in [3.05, 3.63) is 71.9 Å². The normalized spacial score (nSPS) is 14.1. The van der Waals surface area contributed by atoms with Crippen molar-refractivity contribution in [1.29, 1.82) is 0 Å². The van der Waals surface area contributed by atoms with E-state index in [-0.39, 0.29) is 0 Å². The molecule has 0 fully saturated rings. The summed E-state index contributed by atoms with van der Waals surface area (Å²) in [4.78, 5) is 16.4. The van der Waals surface area contributed by atoms with Gasteiger partial charge in [0.25, 0.3) is 5.91 Å². The third-order valence-electron chi connectivity index (χ3n) is 4.61. The Morgan fingerprint density at radius 1 is 1.15 bits per heavy atom. The number of amides is 1. The van der Waals surface area contributed by atoms with Crippen molar-refractivity contribution in [1.82, 2.24) is 10.3 Å². The van der Waals surface area contributed by atoms with Crippen molar-refractivity contribution < 1.29 is 4.79 Å². The second kappa shape index (κ2) is 6.98. The number of rotatable bonds is 4. The zero-order valence-corrected chi connectivity index (χ0v) is 14.3. The number of anilines is 2. The number of hydrogen-bond acceptors (Lipinski definition) is 4. The van der Waals surface area contributed by atoms with Gasteiger partial charge in [-0.15, -0.1) is 0 Å². The summed E-state index contributed by atoms with van der Waals surface area (Å²) in [6.45, 7) is 1.85. The highest BCUT2D eigenvalue weighted by atomic mass is 16.1. The predicted molar refractivity (Wildman–Crippen MR) is 105 cm³/mol. The van der Waals surface area contributed by atoms with Crippen molar-refractivity contribution in [3.63, 3.8) is 0 Å². The van der Waals surface area contributed by atoms with Crippen LogP contribution in [0.1, 0.15) is 22.3 Å². The molecule has 0 radical (unpaired) electrons. The molecule has 5 nitrogen and oxygen atoms in total. The Bertz CT molecular complexity index is 996. The van der Waals surface area contributed by atoms with Gasteiger partial charge in [0.15, 0.2) is 0 Å². The molecule has 0 spiro atoms. The first-order valence-corrected chi connectivity index (χ1v) is 8.67. The summed E-state index contributed by atoms with van der Waals surface area (Å²) in [5.41, 5.74) is 10.9. The van der Waals surface area contributed by atoms with E-state index >= 15 is 0 Å². The minimum absolute atomic E-state index is 0.387. The monoisotopic (exact) mass is 344 g/mol. The first-order chi connectivity index (χ1) is 12.7. The molecule has 3 aromatic rings. The molecule has 2 aromatic carbocycles. The third-order valence-corrected chi connectivity index (χ3v) is 4.61. The number of nitrogens with two attached hydrogens (primary N) is 1. The Labute approximate surface area is 151 Å². The maximum Gasteiger partial charge on any atom is 0.252 e. The second-order valence-corrected chi connectivity index (χ2v) is 6.32. The SMILES string of the molecule is NC(=O)c1cnc2ccc(C3=CCNCC3)cc2c1Nc1ccccc1. The van der Waals surface area contributed by atoms with E-state index in [0.717, 1.165) is 41.7 Å². The van der Waals surface area contributed by atoms with Gasteiger partial charge in [-0.25, -0.2) is 0 Å². The molecular weight excluding hydrogens is 324 g/mol. The maximum atomic E-state index is 12.0. The van der Waals surface area contributed by atoms with E-state index in [2.05, 4.69) is 33.8 Å². The summed E-state index contributed by atoms with van der Waals surface area (Å²) in [6, 6.07) is 15.9. The van der Waals surface area contributed by atoms with E-state index in [1.807, 2.05) is 36.4 Å². The Hall–Kier alpha value is -3.18. The van der Waals surface area contributed by atoms with Gasteiger partial charge in [0.05, 0.1) is 16.8 Å². The van der Waals surface area contributed by atoms with E-state index < -0.39 is 5.91 Å². The number of fused-ring (bicyclic) bond motifs is 1. The van der Waals surface area contributed by atoms with Crippen LogP contribution in [0.15, 0.2) is 60.8 Å². The molecule has 0 aliphatic carbocycles. The molecule has 4 rings (SSSR count). The molecule has 0 unspecified atom stereocenters. The molecule has 2 heterocycles. The number of aromatic nitrogens is 1. The zero-order valence-electron chi connectivity index (χ0n) is 14.3. The number of para-hydroxylation sites is 1. The van der Waals surface area contributed by atoms with Gasteiger partial charge in [-0.05, 0) is 48.4 Å². The lowest BCUT2D eigenvalue weighted by molar-refractivity contribution is 0.100. The van der Waals surface area contributed by atoms with Gasteiger partial charge in [-0.1, -0.05) is 30.3 Å². The number of primary amides is 1. The number of nitrogens with one attached hydrogen (secondary N) is 2. The van der Waals surface area contributed by atoms with E-state index in [1.54, 1.807) is 6.20 Å². The average molecular weight is 344 g/mol. The summed E-state index contributed by atoms with van der Waals surface area (Å²) < 4.78 is 0. The van der Waals surface area contributed by atoms with Gasteiger partial charge >= 0.3 is 0 Å². The Morgan fingerprint density at radius 3 is 2.73 bits per heavy atom. The number of nitrogens with zero attached hydrogens (tertiary/aromatic N) is 1. The molecule has 1 aliphatic rings. The summed E-state index contributed by atoms with van der Waals surface area (Å²) in [6.07, 6.45) is 4.73. The molecule has 5 heteroatoms. The van der Waals surface area contributed by atoms with Gasteiger partial charge in [0.2, 0.25) is 0 Å². The van der Waals surface area contributed by atoms with Crippen LogP contribution in [0.4, 0.5) is 11.4 Å². The highest BCUT2D eigenvalue weighted by Crippen LogP contribution is 2.32. The number of carbonyl (C=O) groups is 1. The summed E-state index contributed by atoms with van der Waals surface area (Å²) in [5.74, 6) is -0.496.